The number of hydrogen-bond donors (Lipinski definition) is 4. The van der Waals surface area contributed by atoms with Crippen molar-refractivity contribution >= 4 is 29.4 Å². The molecule has 160 valence electrons. The topological polar surface area (TPSA) is 125 Å². The van der Waals surface area contributed by atoms with Crippen molar-refractivity contribution in [3.8, 4) is 5.75 Å². The van der Waals surface area contributed by atoms with Crippen molar-refractivity contribution < 1.29 is 19.5 Å². The lowest BCUT2D eigenvalue weighted by Gasteiger charge is -2.12. The maximum Gasteiger partial charge on any atom is 0.254 e. The molecule has 0 saturated heterocycles. The number of fused-ring (bicyclic) bond motifs is 1. The van der Waals surface area contributed by atoms with Crippen LogP contribution < -0.4 is 20.9 Å². The molecule has 1 atom stereocenters. The highest BCUT2D eigenvalue weighted by Gasteiger charge is 2.25. The van der Waals surface area contributed by atoms with E-state index in [1.54, 1.807) is 11.5 Å². The number of benzene rings is 1. The molecule has 0 spiro atoms. The summed E-state index contributed by atoms with van der Waals surface area (Å²) in [6.07, 6.45) is 6.49. The van der Waals surface area contributed by atoms with Crippen molar-refractivity contribution in [1.29, 1.82) is 0 Å². The molecule has 0 fully saturated rings. The number of carbonyl (C=O) groups is 2. The van der Waals surface area contributed by atoms with Crippen LogP contribution in [0.4, 0.5) is 5.95 Å². The first kappa shape index (κ1) is 21.8. The Morgan fingerprint density at radius 1 is 1.17 bits per heavy atom. The molecule has 3 rings (SSSR count). The van der Waals surface area contributed by atoms with Gasteiger partial charge < -0.3 is 15.4 Å². The second-order valence-electron chi connectivity index (χ2n) is 6.94. The van der Waals surface area contributed by atoms with Crippen molar-refractivity contribution in [3.63, 3.8) is 0 Å². The Balaban J connectivity index is 1.40. The molecule has 0 aliphatic carbocycles. The van der Waals surface area contributed by atoms with Crippen molar-refractivity contribution in [2.45, 2.75) is 38.1 Å². The van der Waals surface area contributed by atoms with Crippen molar-refractivity contribution in [3.05, 3.63) is 46.7 Å². The number of halogens is 1. The number of aromatic nitrogens is 2. The molecular formula is C20H24ClN5O4. The van der Waals surface area contributed by atoms with Crippen LogP contribution in [0.5, 0.6) is 5.75 Å². The molecule has 2 heterocycles. The molecule has 30 heavy (non-hydrogen) atoms. The summed E-state index contributed by atoms with van der Waals surface area (Å²) in [6, 6.07) is 5.36. The third-order valence-electron chi connectivity index (χ3n) is 4.71. The lowest BCUT2D eigenvalue weighted by Crippen LogP contribution is -2.25. The number of rotatable bonds is 10. The Hall–Kier alpha value is -2.91. The number of nitrogens with zero attached hydrogens (tertiary/aromatic N) is 2. The van der Waals surface area contributed by atoms with Gasteiger partial charge in [-0.3, -0.25) is 14.8 Å². The van der Waals surface area contributed by atoms with Gasteiger partial charge in [0.05, 0.1) is 11.6 Å². The van der Waals surface area contributed by atoms with E-state index in [4.69, 9.17) is 21.5 Å². The summed E-state index contributed by atoms with van der Waals surface area (Å²) in [7, 11) is 0. The zero-order valence-corrected chi connectivity index (χ0v) is 17.1. The smallest absolute Gasteiger partial charge is 0.254 e. The fourth-order valence-electron chi connectivity index (χ4n) is 3.11. The number of anilines is 1. The van der Waals surface area contributed by atoms with Gasteiger partial charge in [-0.25, -0.2) is 15.4 Å². The van der Waals surface area contributed by atoms with Crippen LogP contribution in [-0.4, -0.2) is 40.1 Å². The third-order valence-corrected chi connectivity index (χ3v) is 4.95. The zero-order chi connectivity index (χ0) is 21.3. The van der Waals surface area contributed by atoms with Crippen molar-refractivity contribution in [2.75, 3.05) is 18.5 Å². The van der Waals surface area contributed by atoms with Gasteiger partial charge in [0.1, 0.15) is 12.4 Å². The first-order valence-electron chi connectivity index (χ1n) is 9.79. The van der Waals surface area contributed by atoms with Gasteiger partial charge in [0, 0.05) is 35.9 Å². The maximum absolute atomic E-state index is 12.2. The first-order valence-corrected chi connectivity index (χ1v) is 10.2. The Kier molecular flexibility index (Phi) is 7.81. The second-order valence-corrected chi connectivity index (χ2v) is 7.38. The van der Waals surface area contributed by atoms with E-state index in [-0.39, 0.29) is 17.9 Å². The molecule has 0 unspecified atom stereocenters. The highest BCUT2D eigenvalue weighted by Crippen LogP contribution is 2.35. The first-order chi connectivity index (χ1) is 14.6. The Labute approximate surface area is 179 Å². The van der Waals surface area contributed by atoms with Gasteiger partial charge in [-0.1, -0.05) is 24.4 Å². The number of unbranched alkanes of at least 4 members (excludes halogenated alkanes) is 3. The molecule has 1 aliphatic rings. The quantitative estimate of drug-likeness (QED) is 0.258. The summed E-state index contributed by atoms with van der Waals surface area (Å²) in [5.41, 5.74) is 2.94. The number of hydrogen-bond acceptors (Lipinski definition) is 7. The van der Waals surface area contributed by atoms with Crippen LogP contribution in [0.1, 0.15) is 54.1 Å². The van der Waals surface area contributed by atoms with Crippen LogP contribution in [0, 0.1) is 0 Å². The van der Waals surface area contributed by atoms with Crippen LogP contribution in [0.3, 0.4) is 0 Å². The molecule has 9 nitrogen and oxygen atoms in total. The lowest BCUT2D eigenvalue weighted by molar-refractivity contribution is -0.129. The van der Waals surface area contributed by atoms with Gasteiger partial charge in [0.2, 0.25) is 11.9 Å². The summed E-state index contributed by atoms with van der Waals surface area (Å²) in [5, 5.41) is 15.1. The zero-order valence-electron chi connectivity index (χ0n) is 16.4. The van der Waals surface area contributed by atoms with Gasteiger partial charge in [-0.15, -0.1) is 0 Å². The molecule has 1 aromatic carbocycles. The minimum atomic E-state index is -0.380. The normalized spacial score (nSPS) is 14.5. The molecular weight excluding hydrogens is 410 g/mol. The predicted octanol–water partition coefficient (Wildman–Crippen LogP) is 2.86. The fraction of sp³-hybridized carbons (Fsp3) is 0.400. The van der Waals surface area contributed by atoms with Gasteiger partial charge in [0.25, 0.3) is 5.91 Å². The number of nitrogens with one attached hydrogen (secondary N) is 3. The molecule has 4 N–H and O–H groups in total. The minimum absolute atomic E-state index is 0.109. The molecule has 0 bridgehead atoms. The average Bonchev–Trinajstić information content (AvgIpc) is 3.15. The summed E-state index contributed by atoms with van der Waals surface area (Å²) in [4.78, 5) is 31.5. The third kappa shape index (κ3) is 6.04. The number of hydroxylamine groups is 1. The molecule has 1 aromatic heterocycles. The van der Waals surface area contributed by atoms with Crippen molar-refractivity contribution in [2.24, 2.45) is 0 Å². The molecule has 10 heteroatoms. The lowest BCUT2D eigenvalue weighted by atomic mass is 10.1. The summed E-state index contributed by atoms with van der Waals surface area (Å²) < 4.78 is 5.63. The van der Waals surface area contributed by atoms with Crippen molar-refractivity contribution in [1.82, 2.24) is 20.8 Å². The van der Waals surface area contributed by atoms with Gasteiger partial charge in [0.15, 0.2) is 0 Å². The standard InChI is InChI=1S/C20H24ClN5O4/c21-14-6-7-17-15(9-14)16(12-30-17)25-20-23-10-13(11-24-20)19(28)22-8-4-2-1-3-5-18(27)26-29/h6-7,9-11,16,29H,1-5,8,12H2,(H,22,28)(H,26,27)(H,23,24,25)/t16-/m0/s1. The monoisotopic (exact) mass is 433 g/mol. The van der Waals surface area contributed by atoms with Crippen LogP contribution in [0.25, 0.3) is 0 Å². The summed E-state index contributed by atoms with van der Waals surface area (Å²) in [6.45, 7) is 0.980. The second kappa shape index (κ2) is 10.7. The fourth-order valence-corrected chi connectivity index (χ4v) is 3.29. The highest BCUT2D eigenvalue weighted by atomic mass is 35.5. The minimum Gasteiger partial charge on any atom is -0.491 e. The Morgan fingerprint density at radius 3 is 2.70 bits per heavy atom. The largest absolute Gasteiger partial charge is 0.491 e. The maximum atomic E-state index is 12.2. The molecule has 0 radical (unpaired) electrons. The van der Waals surface area contributed by atoms with Crippen LogP contribution >= 0.6 is 11.6 Å². The number of amides is 2. The van der Waals surface area contributed by atoms with E-state index in [1.807, 2.05) is 12.1 Å². The van der Waals surface area contributed by atoms with Crippen LogP contribution in [0.2, 0.25) is 5.02 Å². The molecule has 0 saturated carbocycles. The number of carbonyl (C=O) groups excluding carboxylic acids is 2. The van der Waals surface area contributed by atoms with Gasteiger partial charge >= 0.3 is 0 Å². The van der Waals surface area contributed by atoms with Crippen LogP contribution in [0.15, 0.2) is 30.6 Å². The van der Waals surface area contributed by atoms with Gasteiger partial charge in [-0.2, -0.15) is 0 Å². The summed E-state index contributed by atoms with van der Waals surface area (Å²) >= 11 is 6.06. The molecule has 2 amide bonds. The highest BCUT2D eigenvalue weighted by molar-refractivity contribution is 6.30. The van der Waals surface area contributed by atoms with E-state index >= 15 is 0 Å². The molecule has 2 aromatic rings. The van der Waals surface area contributed by atoms with Gasteiger partial charge in [-0.05, 0) is 31.0 Å². The van der Waals surface area contributed by atoms with Crippen LogP contribution in [-0.2, 0) is 4.79 Å². The Morgan fingerprint density at radius 2 is 1.93 bits per heavy atom. The van der Waals surface area contributed by atoms with E-state index in [0.717, 1.165) is 30.6 Å². The average molecular weight is 434 g/mol. The van der Waals surface area contributed by atoms with E-state index in [9.17, 15) is 9.59 Å². The summed E-state index contributed by atoms with van der Waals surface area (Å²) in [5.74, 6) is 0.571. The van der Waals surface area contributed by atoms with E-state index in [2.05, 4.69) is 20.6 Å². The van der Waals surface area contributed by atoms with E-state index in [1.165, 1.54) is 12.4 Å². The SMILES string of the molecule is O=C(CCCCCCNC(=O)c1cnc(N[C@H]2COc3ccc(Cl)cc32)nc1)NO. The Bertz CT molecular complexity index is 878. The number of ether oxygens (including phenoxy) is 1. The van der Waals surface area contributed by atoms with E-state index in [0.29, 0.717) is 42.5 Å². The predicted molar refractivity (Wildman–Crippen MR) is 111 cm³/mol. The van der Waals surface area contributed by atoms with E-state index < -0.39 is 0 Å². The molecule has 1 aliphatic heterocycles.